The zero-order chi connectivity index (χ0) is 13.9. The van der Waals surface area contributed by atoms with E-state index in [4.69, 9.17) is 15.2 Å². The zero-order valence-electron chi connectivity index (χ0n) is 12.1. The van der Waals surface area contributed by atoms with Gasteiger partial charge in [-0.3, -0.25) is 4.90 Å². The molecule has 0 amide bonds. The first kappa shape index (κ1) is 14.2. The van der Waals surface area contributed by atoms with Crippen LogP contribution in [0, 0.1) is 5.41 Å². The van der Waals surface area contributed by atoms with Gasteiger partial charge in [0.25, 0.3) is 0 Å². The molecule has 106 valence electrons. The van der Waals surface area contributed by atoms with Crippen molar-refractivity contribution < 1.29 is 9.47 Å². The van der Waals surface area contributed by atoms with E-state index in [9.17, 15) is 0 Å². The number of nitrogens with zero attached hydrogens (tertiary/aromatic N) is 1. The molecule has 1 aromatic rings. The number of hydrogen-bond acceptors (Lipinski definition) is 4. The van der Waals surface area contributed by atoms with Crippen LogP contribution in [0.5, 0.6) is 11.5 Å². The molecule has 1 aliphatic rings. The van der Waals surface area contributed by atoms with Gasteiger partial charge in [0.15, 0.2) is 11.5 Å². The van der Waals surface area contributed by atoms with Crippen LogP contribution in [0.25, 0.3) is 0 Å². The van der Waals surface area contributed by atoms with Crippen LogP contribution >= 0.6 is 0 Å². The third-order valence-corrected chi connectivity index (χ3v) is 3.98. The number of rotatable bonds is 5. The average molecular weight is 264 g/mol. The maximum atomic E-state index is 5.84. The van der Waals surface area contributed by atoms with E-state index in [1.165, 1.54) is 12.0 Å². The fourth-order valence-corrected chi connectivity index (χ4v) is 2.66. The molecule has 0 aliphatic carbocycles. The molecule has 19 heavy (non-hydrogen) atoms. The Bertz CT molecular complexity index is 436. The van der Waals surface area contributed by atoms with Gasteiger partial charge < -0.3 is 15.2 Å². The smallest absolute Gasteiger partial charge is 0.161 e. The maximum absolute atomic E-state index is 5.84. The second kappa shape index (κ2) is 5.80. The van der Waals surface area contributed by atoms with Crippen molar-refractivity contribution in [2.24, 2.45) is 11.1 Å². The van der Waals surface area contributed by atoms with Gasteiger partial charge >= 0.3 is 0 Å². The van der Waals surface area contributed by atoms with E-state index in [1.807, 2.05) is 6.07 Å². The minimum Gasteiger partial charge on any atom is -0.493 e. The van der Waals surface area contributed by atoms with Gasteiger partial charge in [0.2, 0.25) is 0 Å². The molecule has 1 aromatic carbocycles. The molecule has 1 unspecified atom stereocenters. The Balaban J connectivity index is 2.04. The summed E-state index contributed by atoms with van der Waals surface area (Å²) >= 11 is 0. The standard InChI is InChI=1S/C15H24N2O2/c1-15(10-16)6-7-17(11-15)9-12-4-5-13(18-2)14(8-12)19-3/h4-5,8H,6-7,9-11,16H2,1-3H3. The minimum absolute atomic E-state index is 0.274. The highest BCUT2D eigenvalue weighted by Crippen LogP contribution is 2.31. The normalized spacial score (nSPS) is 23.6. The monoisotopic (exact) mass is 264 g/mol. The fourth-order valence-electron chi connectivity index (χ4n) is 2.66. The highest BCUT2D eigenvalue weighted by molar-refractivity contribution is 5.42. The molecule has 1 atom stereocenters. The molecular formula is C15H24N2O2. The molecule has 1 fully saturated rings. The Kier molecular flexibility index (Phi) is 4.32. The van der Waals surface area contributed by atoms with E-state index < -0.39 is 0 Å². The molecule has 0 spiro atoms. The summed E-state index contributed by atoms with van der Waals surface area (Å²) in [5.74, 6) is 1.57. The zero-order valence-corrected chi connectivity index (χ0v) is 12.1. The molecule has 2 rings (SSSR count). The topological polar surface area (TPSA) is 47.7 Å². The van der Waals surface area contributed by atoms with Gasteiger partial charge in [-0.15, -0.1) is 0 Å². The number of methoxy groups -OCH3 is 2. The largest absolute Gasteiger partial charge is 0.493 e. The Labute approximate surface area is 115 Å². The van der Waals surface area contributed by atoms with E-state index in [0.717, 1.165) is 37.7 Å². The highest BCUT2D eigenvalue weighted by Gasteiger charge is 2.32. The summed E-state index contributed by atoms with van der Waals surface area (Å²) in [6.07, 6.45) is 1.18. The molecule has 0 saturated carbocycles. The van der Waals surface area contributed by atoms with Gasteiger partial charge in [0.1, 0.15) is 0 Å². The van der Waals surface area contributed by atoms with Crippen LogP contribution in [0.1, 0.15) is 18.9 Å². The van der Waals surface area contributed by atoms with Gasteiger partial charge in [-0.25, -0.2) is 0 Å². The lowest BCUT2D eigenvalue weighted by atomic mass is 9.90. The van der Waals surface area contributed by atoms with Gasteiger partial charge in [-0.05, 0) is 42.6 Å². The van der Waals surface area contributed by atoms with Crippen LogP contribution in [0.4, 0.5) is 0 Å². The van der Waals surface area contributed by atoms with Crippen molar-refractivity contribution >= 4 is 0 Å². The number of nitrogens with two attached hydrogens (primary N) is 1. The minimum atomic E-state index is 0.274. The van der Waals surface area contributed by atoms with Gasteiger partial charge in [0.05, 0.1) is 14.2 Å². The number of likely N-dealkylation sites (tertiary alicyclic amines) is 1. The molecule has 0 bridgehead atoms. The highest BCUT2D eigenvalue weighted by atomic mass is 16.5. The maximum Gasteiger partial charge on any atom is 0.161 e. The van der Waals surface area contributed by atoms with E-state index >= 15 is 0 Å². The molecule has 0 radical (unpaired) electrons. The lowest BCUT2D eigenvalue weighted by Gasteiger charge is -2.22. The summed E-state index contributed by atoms with van der Waals surface area (Å²) in [4.78, 5) is 2.45. The SMILES string of the molecule is COc1ccc(CN2CCC(C)(CN)C2)cc1OC. The number of benzene rings is 1. The summed E-state index contributed by atoms with van der Waals surface area (Å²) in [7, 11) is 3.33. The molecule has 1 saturated heterocycles. The summed E-state index contributed by atoms with van der Waals surface area (Å²) in [6.45, 7) is 6.15. The average Bonchev–Trinajstić information content (AvgIpc) is 2.81. The van der Waals surface area contributed by atoms with Crippen molar-refractivity contribution in [2.45, 2.75) is 19.9 Å². The van der Waals surface area contributed by atoms with Crippen LogP contribution in [0.2, 0.25) is 0 Å². The first-order valence-electron chi connectivity index (χ1n) is 6.73. The summed E-state index contributed by atoms with van der Waals surface area (Å²) in [5.41, 5.74) is 7.37. The van der Waals surface area contributed by atoms with Crippen LogP contribution in [-0.2, 0) is 6.54 Å². The van der Waals surface area contributed by atoms with Crippen LogP contribution in [0.3, 0.4) is 0 Å². The lowest BCUT2D eigenvalue weighted by Crippen LogP contribution is -2.31. The van der Waals surface area contributed by atoms with Crippen LogP contribution in [0.15, 0.2) is 18.2 Å². The second-order valence-corrected chi connectivity index (χ2v) is 5.66. The predicted molar refractivity (Wildman–Crippen MR) is 76.6 cm³/mol. The quantitative estimate of drug-likeness (QED) is 0.882. The van der Waals surface area contributed by atoms with Crippen LogP contribution < -0.4 is 15.2 Å². The van der Waals surface area contributed by atoms with Crippen molar-refractivity contribution in [1.29, 1.82) is 0 Å². The van der Waals surface area contributed by atoms with Crippen molar-refractivity contribution in [2.75, 3.05) is 33.9 Å². The van der Waals surface area contributed by atoms with E-state index in [0.29, 0.717) is 0 Å². The molecule has 1 heterocycles. The van der Waals surface area contributed by atoms with E-state index in [2.05, 4.69) is 24.0 Å². The third-order valence-electron chi connectivity index (χ3n) is 3.98. The summed E-state index contributed by atoms with van der Waals surface area (Å²) < 4.78 is 10.6. The summed E-state index contributed by atoms with van der Waals surface area (Å²) in [5, 5.41) is 0. The van der Waals surface area contributed by atoms with E-state index in [-0.39, 0.29) is 5.41 Å². The molecular weight excluding hydrogens is 240 g/mol. The van der Waals surface area contributed by atoms with Gasteiger partial charge in [-0.2, -0.15) is 0 Å². The Hall–Kier alpha value is -1.26. The predicted octanol–water partition coefficient (Wildman–Crippen LogP) is 1.87. The Morgan fingerprint density at radius 1 is 1.26 bits per heavy atom. The van der Waals surface area contributed by atoms with Gasteiger partial charge in [-0.1, -0.05) is 13.0 Å². The molecule has 4 nitrogen and oxygen atoms in total. The molecule has 4 heteroatoms. The van der Waals surface area contributed by atoms with Crippen molar-refractivity contribution in [3.63, 3.8) is 0 Å². The van der Waals surface area contributed by atoms with Crippen molar-refractivity contribution in [1.82, 2.24) is 4.90 Å². The second-order valence-electron chi connectivity index (χ2n) is 5.66. The number of ether oxygens (including phenoxy) is 2. The van der Waals surface area contributed by atoms with Gasteiger partial charge in [0, 0.05) is 13.1 Å². The number of hydrogen-bond donors (Lipinski definition) is 1. The van der Waals surface area contributed by atoms with Crippen LogP contribution in [-0.4, -0.2) is 38.8 Å². The lowest BCUT2D eigenvalue weighted by molar-refractivity contribution is 0.274. The molecule has 1 aliphatic heterocycles. The van der Waals surface area contributed by atoms with Crippen molar-refractivity contribution in [3.05, 3.63) is 23.8 Å². The third kappa shape index (κ3) is 3.19. The van der Waals surface area contributed by atoms with Crippen molar-refractivity contribution in [3.8, 4) is 11.5 Å². The summed E-state index contributed by atoms with van der Waals surface area (Å²) in [6, 6.07) is 6.11. The van der Waals surface area contributed by atoms with E-state index in [1.54, 1.807) is 14.2 Å². The molecule has 2 N–H and O–H groups in total. The first-order chi connectivity index (χ1) is 9.10. The molecule has 0 aromatic heterocycles. The Morgan fingerprint density at radius 3 is 2.58 bits per heavy atom. The Morgan fingerprint density at radius 2 is 2.00 bits per heavy atom. The fraction of sp³-hybridized carbons (Fsp3) is 0.600. The first-order valence-corrected chi connectivity index (χ1v) is 6.73.